The van der Waals surface area contributed by atoms with E-state index < -0.39 is 0 Å². The Balaban J connectivity index is 0.00000242. The Labute approximate surface area is 148 Å². The van der Waals surface area contributed by atoms with Gasteiger partial charge < -0.3 is 10.1 Å². The van der Waals surface area contributed by atoms with E-state index in [1.165, 1.54) is 5.56 Å². The third-order valence-corrected chi connectivity index (χ3v) is 3.82. The minimum atomic E-state index is 0. The van der Waals surface area contributed by atoms with Crippen LogP contribution in [0.5, 0.6) is 5.75 Å². The minimum Gasteiger partial charge on any atom is -0.491 e. The number of ether oxygens (including phenoxy) is 1. The largest absolute Gasteiger partial charge is 0.491 e. The van der Waals surface area contributed by atoms with Crippen LogP contribution in [0.4, 0.5) is 0 Å². The number of hydrogen-bond donors (Lipinski definition) is 1. The van der Waals surface area contributed by atoms with Crippen LogP contribution in [0.3, 0.4) is 0 Å². The standard InChI is InChI=1S/C17H19Cl2NO.ClH/c1-3-21-17-15(18)9-13(10-16(17)19)11-20-12(2)14-7-5-4-6-8-14;/h4-10,12,20H,3,11H2,1-2H3;1H. The maximum absolute atomic E-state index is 6.21. The lowest BCUT2D eigenvalue weighted by molar-refractivity contribution is 0.340. The van der Waals surface area contributed by atoms with Crippen LogP contribution in [0.25, 0.3) is 0 Å². The van der Waals surface area contributed by atoms with Crippen LogP contribution in [-0.2, 0) is 6.54 Å². The van der Waals surface area contributed by atoms with Gasteiger partial charge >= 0.3 is 0 Å². The average Bonchev–Trinajstić information content (AvgIpc) is 2.49. The van der Waals surface area contributed by atoms with Crippen molar-refractivity contribution in [2.24, 2.45) is 0 Å². The molecule has 0 aliphatic carbocycles. The summed E-state index contributed by atoms with van der Waals surface area (Å²) in [5.74, 6) is 0.556. The smallest absolute Gasteiger partial charge is 0.156 e. The zero-order valence-corrected chi connectivity index (χ0v) is 14.9. The Morgan fingerprint density at radius 3 is 2.23 bits per heavy atom. The minimum absolute atomic E-state index is 0. The Kier molecular flexibility index (Phi) is 8.05. The summed E-state index contributed by atoms with van der Waals surface area (Å²) in [5, 5.41) is 4.56. The molecule has 0 aliphatic heterocycles. The molecule has 1 unspecified atom stereocenters. The lowest BCUT2D eigenvalue weighted by Gasteiger charge is -2.15. The number of hydrogen-bond acceptors (Lipinski definition) is 2. The van der Waals surface area contributed by atoms with Crippen molar-refractivity contribution in [2.75, 3.05) is 6.61 Å². The van der Waals surface area contributed by atoms with E-state index >= 15 is 0 Å². The molecule has 2 aromatic carbocycles. The van der Waals surface area contributed by atoms with Crippen molar-refractivity contribution in [1.82, 2.24) is 5.32 Å². The lowest BCUT2D eigenvalue weighted by Crippen LogP contribution is -2.18. The molecule has 0 amide bonds. The van der Waals surface area contributed by atoms with Crippen molar-refractivity contribution < 1.29 is 4.74 Å². The number of benzene rings is 2. The van der Waals surface area contributed by atoms with Gasteiger partial charge in [-0.1, -0.05) is 53.5 Å². The quantitative estimate of drug-likeness (QED) is 0.717. The van der Waals surface area contributed by atoms with E-state index in [0.717, 1.165) is 5.56 Å². The van der Waals surface area contributed by atoms with Crippen LogP contribution in [0.15, 0.2) is 42.5 Å². The fourth-order valence-electron chi connectivity index (χ4n) is 2.13. The van der Waals surface area contributed by atoms with E-state index in [0.29, 0.717) is 28.9 Å². The summed E-state index contributed by atoms with van der Waals surface area (Å²) in [6.45, 7) is 5.28. The first kappa shape index (κ1) is 19.1. The fraction of sp³-hybridized carbons (Fsp3) is 0.294. The molecule has 1 N–H and O–H groups in total. The van der Waals surface area contributed by atoms with Crippen molar-refractivity contribution in [3.63, 3.8) is 0 Å². The second kappa shape index (κ2) is 9.26. The normalized spacial score (nSPS) is 11.6. The summed E-state index contributed by atoms with van der Waals surface area (Å²) in [7, 11) is 0. The van der Waals surface area contributed by atoms with Crippen LogP contribution in [0.2, 0.25) is 10.0 Å². The fourth-order valence-corrected chi connectivity index (χ4v) is 2.77. The first-order valence-electron chi connectivity index (χ1n) is 7.01. The molecule has 2 aromatic rings. The summed E-state index contributed by atoms with van der Waals surface area (Å²) < 4.78 is 5.43. The number of halogens is 3. The Morgan fingerprint density at radius 1 is 1.09 bits per heavy atom. The van der Waals surface area contributed by atoms with Crippen LogP contribution >= 0.6 is 35.6 Å². The molecule has 0 spiro atoms. The van der Waals surface area contributed by atoms with Gasteiger partial charge in [-0.2, -0.15) is 0 Å². The van der Waals surface area contributed by atoms with Crippen molar-refractivity contribution >= 4 is 35.6 Å². The summed E-state index contributed by atoms with van der Waals surface area (Å²) in [5.41, 5.74) is 2.29. The van der Waals surface area contributed by atoms with Crippen molar-refractivity contribution in [3.05, 3.63) is 63.6 Å². The van der Waals surface area contributed by atoms with Gasteiger partial charge in [-0.3, -0.25) is 0 Å². The van der Waals surface area contributed by atoms with E-state index in [1.807, 2.05) is 37.3 Å². The summed E-state index contributed by atoms with van der Waals surface area (Å²) in [6.07, 6.45) is 0. The molecule has 1 atom stereocenters. The summed E-state index contributed by atoms with van der Waals surface area (Å²) in [6, 6.07) is 14.4. The van der Waals surface area contributed by atoms with E-state index in [-0.39, 0.29) is 18.4 Å². The molecular formula is C17H20Cl3NO. The third-order valence-electron chi connectivity index (χ3n) is 3.26. The highest BCUT2D eigenvalue weighted by atomic mass is 35.5. The molecule has 0 saturated heterocycles. The molecule has 0 aliphatic rings. The van der Waals surface area contributed by atoms with E-state index in [4.69, 9.17) is 27.9 Å². The molecule has 120 valence electrons. The second-order valence-electron chi connectivity index (χ2n) is 4.83. The highest BCUT2D eigenvalue weighted by Crippen LogP contribution is 2.34. The van der Waals surface area contributed by atoms with Crippen molar-refractivity contribution in [3.8, 4) is 5.75 Å². The maximum Gasteiger partial charge on any atom is 0.156 e. The predicted molar refractivity (Wildman–Crippen MR) is 96.6 cm³/mol. The average molecular weight is 361 g/mol. The van der Waals surface area contributed by atoms with Crippen LogP contribution < -0.4 is 10.1 Å². The predicted octanol–water partition coefficient (Wildman–Crippen LogP) is 5.66. The molecule has 0 radical (unpaired) electrons. The highest BCUT2D eigenvalue weighted by molar-refractivity contribution is 6.37. The van der Waals surface area contributed by atoms with Gasteiger partial charge in [0.2, 0.25) is 0 Å². The molecule has 0 heterocycles. The molecule has 0 bridgehead atoms. The number of nitrogens with one attached hydrogen (secondary N) is 1. The Morgan fingerprint density at radius 2 is 1.68 bits per heavy atom. The van der Waals surface area contributed by atoms with Gasteiger partial charge in [0.1, 0.15) is 0 Å². The van der Waals surface area contributed by atoms with Gasteiger partial charge in [-0.25, -0.2) is 0 Å². The van der Waals surface area contributed by atoms with Crippen molar-refractivity contribution in [2.45, 2.75) is 26.4 Å². The van der Waals surface area contributed by atoms with E-state index in [9.17, 15) is 0 Å². The Bertz CT molecular complexity index is 567. The summed E-state index contributed by atoms with van der Waals surface area (Å²) in [4.78, 5) is 0. The SMILES string of the molecule is CCOc1c(Cl)cc(CNC(C)c2ccccc2)cc1Cl.Cl. The molecule has 0 aromatic heterocycles. The molecule has 0 fully saturated rings. The van der Waals surface area contributed by atoms with Crippen molar-refractivity contribution in [1.29, 1.82) is 0 Å². The lowest BCUT2D eigenvalue weighted by atomic mass is 10.1. The highest BCUT2D eigenvalue weighted by Gasteiger charge is 2.10. The first-order chi connectivity index (χ1) is 10.1. The maximum atomic E-state index is 6.21. The second-order valence-corrected chi connectivity index (χ2v) is 5.65. The van der Waals surface area contributed by atoms with Gasteiger partial charge in [0.05, 0.1) is 16.7 Å². The van der Waals surface area contributed by atoms with Gasteiger partial charge in [0, 0.05) is 12.6 Å². The van der Waals surface area contributed by atoms with Crippen LogP contribution in [-0.4, -0.2) is 6.61 Å². The topological polar surface area (TPSA) is 21.3 Å². The summed E-state index contributed by atoms with van der Waals surface area (Å²) >= 11 is 12.4. The first-order valence-corrected chi connectivity index (χ1v) is 7.76. The monoisotopic (exact) mass is 359 g/mol. The molecular weight excluding hydrogens is 341 g/mol. The molecule has 2 rings (SSSR count). The Hall–Kier alpha value is -0.930. The molecule has 0 saturated carbocycles. The van der Waals surface area contributed by atoms with E-state index in [2.05, 4.69) is 24.4 Å². The zero-order valence-electron chi connectivity index (χ0n) is 12.6. The zero-order chi connectivity index (χ0) is 15.2. The van der Waals surface area contributed by atoms with Gasteiger partial charge in [0.25, 0.3) is 0 Å². The van der Waals surface area contributed by atoms with Gasteiger partial charge in [0.15, 0.2) is 5.75 Å². The van der Waals surface area contributed by atoms with Gasteiger partial charge in [-0.05, 0) is 37.1 Å². The van der Waals surface area contributed by atoms with Crippen LogP contribution in [0, 0.1) is 0 Å². The molecule has 2 nitrogen and oxygen atoms in total. The third kappa shape index (κ3) is 5.06. The number of rotatable bonds is 6. The van der Waals surface area contributed by atoms with Gasteiger partial charge in [-0.15, -0.1) is 12.4 Å². The van der Waals surface area contributed by atoms with E-state index in [1.54, 1.807) is 0 Å². The molecule has 22 heavy (non-hydrogen) atoms. The molecule has 5 heteroatoms. The van der Waals surface area contributed by atoms with Crippen LogP contribution in [0.1, 0.15) is 31.0 Å².